The van der Waals surface area contributed by atoms with Crippen molar-refractivity contribution in [3.63, 3.8) is 0 Å². The van der Waals surface area contributed by atoms with Crippen LogP contribution in [0.5, 0.6) is 5.75 Å². The molecule has 0 saturated carbocycles. The summed E-state index contributed by atoms with van der Waals surface area (Å²) in [5, 5.41) is 3.31. The van der Waals surface area contributed by atoms with Gasteiger partial charge in [0.25, 0.3) is 5.91 Å². The van der Waals surface area contributed by atoms with E-state index in [-0.39, 0.29) is 11.7 Å². The number of anilines is 2. The molecule has 1 N–H and O–H groups in total. The van der Waals surface area contributed by atoms with E-state index in [1.807, 2.05) is 36.4 Å². The molecule has 1 unspecified atom stereocenters. The number of unbranched alkanes of at least 4 members (excludes halogenated alkanes) is 1. The zero-order valence-corrected chi connectivity index (χ0v) is 18.8. The summed E-state index contributed by atoms with van der Waals surface area (Å²) >= 11 is 0. The second-order valence-corrected chi connectivity index (χ2v) is 8.12. The molecule has 1 atom stereocenters. The molecule has 0 radical (unpaired) electrons. The lowest BCUT2D eigenvalue weighted by Gasteiger charge is -2.22. The number of hydrogen-bond acceptors (Lipinski definition) is 5. The Morgan fingerprint density at radius 1 is 1.13 bits per heavy atom. The molecule has 6 heteroatoms. The van der Waals surface area contributed by atoms with Gasteiger partial charge in [0, 0.05) is 43.1 Å². The lowest BCUT2D eigenvalue weighted by molar-refractivity contribution is -0.116. The summed E-state index contributed by atoms with van der Waals surface area (Å²) in [6, 6.07) is 15.7. The molecule has 1 fully saturated rings. The molecule has 1 saturated heterocycles. The molecule has 0 spiro atoms. The number of benzene rings is 2. The van der Waals surface area contributed by atoms with Crippen LogP contribution in [0.2, 0.25) is 0 Å². The molecule has 6 nitrogen and oxygen atoms in total. The second-order valence-electron chi connectivity index (χ2n) is 8.12. The minimum atomic E-state index is -0.0532. The van der Waals surface area contributed by atoms with Crippen molar-refractivity contribution in [3.05, 3.63) is 54.1 Å². The molecule has 166 valence electrons. The fourth-order valence-electron chi connectivity index (χ4n) is 3.68. The van der Waals surface area contributed by atoms with Crippen LogP contribution in [0, 0.1) is 0 Å². The third kappa shape index (κ3) is 6.31. The number of Topliss-reactive ketones (excluding diaryl/α,β-unsaturated/α-hetero) is 1. The third-order valence-electron chi connectivity index (χ3n) is 5.60. The van der Waals surface area contributed by atoms with Gasteiger partial charge in [-0.2, -0.15) is 0 Å². The summed E-state index contributed by atoms with van der Waals surface area (Å²) in [5.41, 5.74) is 2.61. The molecule has 0 aliphatic carbocycles. The molecule has 1 aliphatic rings. The van der Waals surface area contributed by atoms with E-state index < -0.39 is 0 Å². The Morgan fingerprint density at radius 2 is 1.84 bits per heavy atom. The first-order valence-corrected chi connectivity index (χ1v) is 11.1. The maximum atomic E-state index is 12.9. The molecule has 1 heterocycles. The molecular formula is C25H33N3O3. The molecule has 2 aromatic carbocycles. The van der Waals surface area contributed by atoms with Crippen molar-refractivity contribution in [1.82, 2.24) is 5.32 Å². The maximum absolute atomic E-state index is 12.9. The number of carbonyl (C=O) groups excluding carboxylic acids is 2. The molecule has 31 heavy (non-hydrogen) atoms. The van der Waals surface area contributed by atoms with Crippen LogP contribution in [0.25, 0.3) is 0 Å². The molecule has 0 bridgehead atoms. The van der Waals surface area contributed by atoms with E-state index >= 15 is 0 Å². The number of carbonyl (C=O) groups is 2. The predicted octanol–water partition coefficient (Wildman–Crippen LogP) is 3.90. The first-order chi connectivity index (χ1) is 15.0. The van der Waals surface area contributed by atoms with Gasteiger partial charge in [0.2, 0.25) is 0 Å². The molecule has 0 aromatic heterocycles. The fourth-order valence-corrected chi connectivity index (χ4v) is 3.68. The van der Waals surface area contributed by atoms with E-state index in [0.717, 1.165) is 49.5 Å². The summed E-state index contributed by atoms with van der Waals surface area (Å²) in [4.78, 5) is 28.0. The third-order valence-corrected chi connectivity index (χ3v) is 5.60. The molecule has 3 rings (SSSR count). The lowest BCUT2D eigenvalue weighted by Crippen LogP contribution is -2.35. The number of rotatable bonds is 10. The number of hydrogen-bond donors (Lipinski definition) is 1. The minimum Gasteiger partial charge on any atom is -0.494 e. The largest absolute Gasteiger partial charge is 0.494 e. The van der Waals surface area contributed by atoms with Crippen LogP contribution in [-0.4, -0.2) is 51.0 Å². The number of nitrogens with zero attached hydrogens (tertiary/aromatic N) is 2. The molecule has 2 aromatic rings. The average molecular weight is 424 g/mol. The van der Waals surface area contributed by atoms with E-state index in [0.29, 0.717) is 24.8 Å². The number of amides is 1. The first kappa shape index (κ1) is 22.8. The summed E-state index contributed by atoms with van der Waals surface area (Å²) in [7, 11) is 1.79. The summed E-state index contributed by atoms with van der Waals surface area (Å²) in [6.07, 6.45) is 3.13. The van der Waals surface area contributed by atoms with Crippen LogP contribution < -0.4 is 19.9 Å². The summed E-state index contributed by atoms with van der Waals surface area (Å²) in [6.45, 7) is 6.69. The van der Waals surface area contributed by atoms with Crippen LogP contribution in [0.4, 0.5) is 11.4 Å². The quantitative estimate of drug-likeness (QED) is 0.587. The highest BCUT2D eigenvalue weighted by molar-refractivity contribution is 6.05. The highest BCUT2D eigenvalue weighted by Crippen LogP contribution is 2.25. The van der Waals surface area contributed by atoms with Crippen LogP contribution in [0.3, 0.4) is 0 Å². The van der Waals surface area contributed by atoms with Crippen LogP contribution >= 0.6 is 0 Å². The van der Waals surface area contributed by atoms with Gasteiger partial charge in [0.1, 0.15) is 11.5 Å². The van der Waals surface area contributed by atoms with Gasteiger partial charge in [-0.25, -0.2) is 0 Å². The zero-order chi connectivity index (χ0) is 22.2. The number of nitrogens with one attached hydrogen (secondary N) is 1. The predicted molar refractivity (Wildman–Crippen MR) is 125 cm³/mol. The van der Waals surface area contributed by atoms with Gasteiger partial charge in [-0.15, -0.1) is 0 Å². The van der Waals surface area contributed by atoms with Crippen molar-refractivity contribution >= 4 is 23.1 Å². The Balaban J connectivity index is 1.56. The van der Waals surface area contributed by atoms with Crippen molar-refractivity contribution in [2.45, 2.75) is 39.2 Å². The van der Waals surface area contributed by atoms with E-state index in [1.54, 1.807) is 18.9 Å². The number of ether oxygens (including phenoxy) is 1. The van der Waals surface area contributed by atoms with Crippen molar-refractivity contribution < 1.29 is 14.3 Å². The first-order valence-electron chi connectivity index (χ1n) is 11.1. The average Bonchev–Trinajstić information content (AvgIpc) is 3.27. The molecule has 1 amide bonds. The van der Waals surface area contributed by atoms with Crippen molar-refractivity contribution in [1.29, 1.82) is 0 Å². The Morgan fingerprint density at radius 3 is 2.48 bits per heavy atom. The van der Waals surface area contributed by atoms with E-state index in [9.17, 15) is 9.59 Å². The lowest BCUT2D eigenvalue weighted by atomic mass is 10.1. The van der Waals surface area contributed by atoms with Crippen LogP contribution in [0.15, 0.2) is 48.5 Å². The van der Waals surface area contributed by atoms with Crippen LogP contribution in [0.1, 0.15) is 43.5 Å². The van der Waals surface area contributed by atoms with Gasteiger partial charge >= 0.3 is 0 Å². The van der Waals surface area contributed by atoms with Gasteiger partial charge in [-0.1, -0.05) is 13.3 Å². The van der Waals surface area contributed by atoms with Crippen LogP contribution in [-0.2, 0) is 4.79 Å². The zero-order valence-electron chi connectivity index (χ0n) is 18.8. The maximum Gasteiger partial charge on any atom is 0.258 e. The van der Waals surface area contributed by atoms with E-state index in [1.165, 1.54) is 0 Å². The Labute approximate surface area is 185 Å². The van der Waals surface area contributed by atoms with E-state index in [2.05, 4.69) is 29.3 Å². The highest BCUT2D eigenvalue weighted by Gasteiger charge is 2.22. The normalized spacial score (nSPS) is 15.7. The fraction of sp³-hybridized carbons (Fsp3) is 0.440. The Kier molecular flexibility index (Phi) is 8.06. The highest BCUT2D eigenvalue weighted by atomic mass is 16.5. The molecular weight excluding hydrogens is 390 g/mol. The number of ketones is 1. The van der Waals surface area contributed by atoms with Gasteiger partial charge in [-0.3, -0.25) is 9.59 Å². The summed E-state index contributed by atoms with van der Waals surface area (Å²) < 4.78 is 5.67. The standard InChI is InChI=1S/C25H33N3O3/c1-4-5-16-31-24-12-6-20(7-13-24)25(30)27(3)22-8-10-23(11-9-22)28-15-14-21(18-28)26-17-19(2)29/h6-13,21,26H,4-5,14-18H2,1-3H3. The minimum absolute atomic E-state index is 0.0532. The Bertz CT molecular complexity index is 865. The smallest absolute Gasteiger partial charge is 0.258 e. The Hall–Kier alpha value is -2.86. The van der Waals surface area contributed by atoms with Crippen molar-refractivity contribution in [3.8, 4) is 5.75 Å². The topological polar surface area (TPSA) is 61.9 Å². The van der Waals surface area contributed by atoms with Gasteiger partial charge in [-0.05, 0) is 68.3 Å². The second kappa shape index (κ2) is 11.0. The van der Waals surface area contributed by atoms with Crippen molar-refractivity contribution in [2.75, 3.05) is 43.1 Å². The SMILES string of the molecule is CCCCOc1ccc(C(=O)N(C)c2ccc(N3CCC(NCC(C)=O)C3)cc2)cc1. The monoisotopic (exact) mass is 423 g/mol. The van der Waals surface area contributed by atoms with Gasteiger partial charge in [0.15, 0.2) is 0 Å². The van der Waals surface area contributed by atoms with Gasteiger partial charge in [0.05, 0.1) is 13.2 Å². The summed E-state index contributed by atoms with van der Waals surface area (Å²) in [5.74, 6) is 0.899. The van der Waals surface area contributed by atoms with E-state index in [4.69, 9.17) is 4.74 Å². The van der Waals surface area contributed by atoms with Gasteiger partial charge < -0.3 is 19.9 Å². The van der Waals surface area contributed by atoms with Crippen molar-refractivity contribution in [2.24, 2.45) is 0 Å². The molecule has 1 aliphatic heterocycles.